The topological polar surface area (TPSA) is 78.5 Å². The van der Waals surface area contributed by atoms with E-state index in [4.69, 9.17) is 11.6 Å². The summed E-state index contributed by atoms with van der Waals surface area (Å²) in [5.41, 5.74) is 1.76. The molecule has 2 aromatic rings. The maximum atomic E-state index is 12.9. The Balaban J connectivity index is 1.32. The number of halogens is 1. The molecule has 2 N–H and O–H groups in total. The smallest absolute Gasteiger partial charge is 0.240 e. The Kier molecular flexibility index (Phi) is 7.47. The Bertz CT molecular complexity index is 1090. The summed E-state index contributed by atoms with van der Waals surface area (Å²) < 4.78 is 28.5. The number of nitrogens with one attached hydrogen (secondary N) is 2. The number of nitrogens with zero attached hydrogens (tertiary/aromatic N) is 1. The molecule has 1 atom stereocenters. The predicted molar refractivity (Wildman–Crippen MR) is 130 cm³/mol. The molecule has 2 aromatic carbocycles. The van der Waals surface area contributed by atoms with Gasteiger partial charge in [0.1, 0.15) is 0 Å². The van der Waals surface area contributed by atoms with Crippen molar-refractivity contribution in [2.45, 2.75) is 47.8 Å². The first-order chi connectivity index (χ1) is 15.3. The number of sulfonamides is 1. The fourth-order valence-corrected chi connectivity index (χ4v) is 6.56. The van der Waals surface area contributed by atoms with E-state index in [9.17, 15) is 13.2 Å². The van der Waals surface area contributed by atoms with E-state index < -0.39 is 10.0 Å². The Labute approximate surface area is 199 Å². The minimum Gasteiger partial charge on any atom is -0.325 e. The number of benzene rings is 2. The summed E-state index contributed by atoms with van der Waals surface area (Å²) in [5.74, 6) is 0.216. The van der Waals surface area contributed by atoms with Gasteiger partial charge in [0.25, 0.3) is 0 Å². The van der Waals surface area contributed by atoms with Crippen LogP contribution in [0.25, 0.3) is 0 Å². The Hall–Kier alpha value is -1.58. The minimum atomic E-state index is -3.64. The lowest BCUT2D eigenvalue weighted by Gasteiger charge is -2.32. The van der Waals surface area contributed by atoms with Gasteiger partial charge in [0.15, 0.2) is 0 Å². The number of likely N-dealkylation sites (tertiary alicyclic amines) is 1. The first-order valence-electron chi connectivity index (χ1n) is 10.9. The van der Waals surface area contributed by atoms with Crippen LogP contribution in [-0.4, -0.2) is 44.1 Å². The normalized spacial score (nSPS) is 20.4. The van der Waals surface area contributed by atoms with E-state index >= 15 is 0 Å². The Morgan fingerprint density at radius 1 is 1.19 bits per heavy atom. The van der Waals surface area contributed by atoms with Gasteiger partial charge in [0.05, 0.1) is 10.6 Å². The molecule has 1 saturated heterocycles. The summed E-state index contributed by atoms with van der Waals surface area (Å²) in [7, 11) is -3.64. The number of anilines is 1. The molecule has 2 aliphatic rings. The van der Waals surface area contributed by atoms with E-state index in [0.29, 0.717) is 24.6 Å². The summed E-state index contributed by atoms with van der Waals surface area (Å²) in [6.07, 6.45) is 2.30. The van der Waals surface area contributed by atoms with E-state index in [0.717, 1.165) is 42.4 Å². The van der Waals surface area contributed by atoms with Crippen LogP contribution >= 0.6 is 23.4 Å². The van der Waals surface area contributed by atoms with Crippen molar-refractivity contribution < 1.29 is 13.2 Å². The zero-order chi connectivity index (χ0) is 22.7. The second kappa shape index (κ2) is 10.1. The molecule has 1 fully saturated rings. The van der Waals surface area contributed by atoms with Crippen molar-refractivity contribution in [3.63, 3.8) is 0 Å². The van der Waals surface area contributed by atoms with Crippen molar-refractivity contribution in [1.29, 1.82) is 0 Å². The standard InChI is InChI=1S/C23H28ClN3O3S2/c1-16-11-23(28)26-21-13-20(5-6-22(21)31-16)32(29,30)25-14-17-7-9-27(10-8-17)15-18-3-2-4-19(24)12-18/h2-6,12-13,16-17,25H,7-11,14-15H2,1H3,(H,26,28). The molecule has 0 aromatic heterocycles. The summed E-state index contributed by atoms with van der Waals surface area (Å²) in [5, 5.41) is 3.73. The zero-order valence-electron chi connectivity index (χ0n) is 18.0. The van der Waals surface area contributed by atoms with Crippen molar-refractivity contribution in [3.05, 3.63) is 53.1 Å². The van der Waals surface area contributed by atoms with Crippen LogP contribution in [0.5, 0.6) is 0 Å². The predicted octanol–water partition coefficient (Wildman–Crippen LogP) is 4.35. The number of thioether (sulfide) groups is 1. The van der Waals surface area contributed by atoms with Crippen LogP contribution < -0.4 is 10.0 Å². The van der Waals surface area contributed by atoms with Gasteiger partial charge in [-0.1, -0.05) is 30.7 Å². The summed E-state index contributed by atoms with van der Waals surface area (Å²) in [4.78, 5) is 15.5. The van der Waals surface area contributed by atoms with Crippen molar-refractivity contribution in [1.82, 2.24) is 9.62 Å². The highest BCUT2D eigenvalue weighted by Gasteiger charge is 2.24. The van der Waals surface area contributed by atoms with E-state index in [1.165, 1.54) is 5.56 Å². The molecule has 0 aliphatic carbocycles. The van der Waals surface area contributed by atoms with Gasteiger partial charge in [0, 0.05) is 34.7 Å². The molecular formula is C23H28ClN3O3S2. The fourth-order valence-electron chi connectivity index (χ4n) is 4.15. The number of hydrogen-bond acceptors (Lipinski definition) is 5. The van der Waals surface area contributed by atoms with Crippen LogP contribution in [0.3, 0.4) is 0 Å². The highest BCUT2D eigenvalue weighted by atomic mass is 35.5. The molecule has 2 heterocycles. The molecular weight excluding hydrogens is 466 g/mol. The maximum Gasteiger partial charge on any atom is 0.240 e. The number of fused-ring (bicyclic) bond motifs is 1. The molecule has 172 valence electrons. The molecule has 0 saturated carbocycles. The molecule has 2 aliphatic heterocycles. The third-order valence-corrected chi connectivity index (χ3v) is 8.74. The van der Waals surface area contributed by atoms with Crippen molar-refractivity contribution >= 4 is 45.0 Å². The molecule has 0 bridgehead atoms. The largest absolute Gasteiger partial charge is 0.325 e. The van der Waals surface area contributed by atoms with Crippen LogP contribution in [0.4, 0.5) is 5.69 Å². The average Bonchev–Trinajstić information content (AvgIpc) is 2.89. The maximum absolute atomic E-state index is 12.9. The highest BCUT2D eigenvalue weighted by Crippen LogP contribution is 2.36. The molecule has 6 nitrogen and oxygen atoms in total. The van der Waals surface area contributed by atoms with Gasteiger partial charge in [0.2, 0.25) is 15.9 Å². The molecule has 0 spiro atoms. The van der Waals surface area contributed by atoms with E-state index in [2.05, 4.69) is 21.0 Å². The number of carbonyl (C=O) groups is 1. The minimum absolute atomic E-state index is 0.0872. The fraction of sp³-hybridized carbons (Fsp3) is 0.435. The van der Waals surface area contributed by atoms with E-state index in [-0.39, 0.29) is 16.1 Å². The number of piperidine rings is 1. The van der Waals surface area contributed by atoms with Crippen LogP contribution in [0.15, 0.2) is 52.3 Å². The van der Waals surface area contributed by atoms with Crippen LogP contribution in [0, 0.1) is 5.92 Å². The number of hydrogen-bond donors (Lipinski definition) is 2. The molecule has 0 radical (unpaired) electrons. The van der Waals surface area contributed by atoms with Gasteiger partial charge in [-0.05, 0) is 67.7 Å². The summed E-state index contributed by atoms with van der Waals surface area (Å²) in [6.45, 7) is 5.13. The van der Waals surface area contributed by atoms with Gasteiger partial charge in [-0.2, -0.15) is 0 Å². The number of rotatable bonds is 6. The molecule has 9 heteroatoms. The van der Waals surface area contributed by atoms with Gasteiger partial charge in [-0.3, -0.25) is 9.69 Å². The third kappa shape index (κ3) is 6.05. The van der Waals surface area contributed by atoms with Crippen molar-refractivity contribution in [2.24, 2.45) is 5.92 Å². The second-order valence-corrected chi connectivity index (χ2v) is 12.2. The van der Waals surface area contributed by atoms with Crippen LogP contribution in [-0.2, 0) is 21.4 Å². The van der Waals surface area contributed by atoms with Crippen LogP contribution in [0.2, 0.25) is 5.02 Å². The molecule has 4 rings (SSSR count). The Morgan fingerprint density at radius 2 is 1.97 bits per heavy atom. The number of amides is 1. The molecule has 1 unspecified atom stereocenters. The van der Waals surface area contributed by atoms with Gasteiger partial charge in [-0.15, -0.1) is 11.8 Å². The zero-order valence-corrected chi connectivity index (χ0v) is 20.4. The lowest BCUT2D eigenvalue weighted by Crippen LogP contribution is -2.38. The first kappa shape index (κ1) is 23.6. The van der Waals surface area contributed by atoms with Gasteiger partial charge < -0.3 is 5.32 Å². The van der Waals surface area contributed by atoms with Crippen molar-refractivity contribution in [3.8, 4) is 0 Å². The highest BCUT2D eigenvalue weighted by molar-refractivity contribution is 8.00. The van der Waals surface area contributed by atoms with Gasteiger partial charge >= 0.3 is 0 Å². The van der Waals surface area contributed by atoms with E-state index in [1.54, 1.807) is 30.0 Å². The number of carbonyl (C=O) groups excluding carboxylic acids is 1. The lowest BCUT2D eigenvalue weighted by molar-refractivity contribution is -0.116. The lowest BCUT2D eigenvalue weighted by atomic mass is 9.97. The van der Waals surface area contributed by atoms with Crippen LogP contribution in [0.1, 0.15) is 31.7 Å². The third-order valence-electron chi connectivity index (χ3n) is 5.90. The van der Waals surface area contributed by atoms with Crippen molar-refractivity contribution in [2.75, 3.05) is 25.0 Å². The van der Waals surface area contributed by atoms with Gasteiger partial charge in [-0.25, -0.2) is 13.1 Å². The first-order valence-corrected chi connectivity index (χ1v) is 13.6. The summed E-state index contributed by atoms with van der Waals surface area (Å²) >= 11 is 7.66. The Morgan fingerprint density at radius 3 is 2.72 bits per heavy atom. The summed E-state index contributed by atoms with van der Waals surface area (Å²) in [6, 6.07) is 12.9. The second-order valence-electron chi connectivity index (χ2n) is 8.54. The molecule has 1 amide bonds. The van der Waals surface area contributed by atoms with E-state index in [1.807, 2.05) is 25.1 Å². The SMILES string of the molecule is CC1CC(=O)Nc2cc(S(=O)(=O)NCC3CCN(Cc4cccc(Cl)c4)CC3)ccc2S1. The quantitative estimate of drug-likeness (QED) is 0.625. The molecule has 32 heavy (non-hydrogen) atoms. The average molecular weight is 494 g/mol. The monoisotopic (exact) mass is 493 g/mol.